The molecule has 2 N–H and O–H groups in total. The van der Waals surface area contributed by atoms with Gasteiger partial charge in [-0.05, 0) is 23.6 Å². The molecule has 0 spiro atoms. The smallest absolute Gasteiger partial charge is 0.227 e. The van der Waals surface area contributed by atoms with Crippen molar-refractivity contribution in [1.29, 1.82) is 0 Å². The fourth-order valence-corrected chi connectivity index (χ4v) is 3.55. The number of benzene rings is 2. The van der Waals surface area contributed by atoms with Gasteiger partial charge in [0.1, 0.15) is 17.1 Å². The molecule has 0 bridgehead atoms. The molecule has 0 aliphatic carbocycles. The maximum Gasteiger partial charge on any atom is 0.227 e. The van der Waals surface area contributed by atoms with Crippen LogP contribution in [0.1, 0.15) is 42.1 Å². The highest BCUT2D eigenvalue weighted by atomic mass is 16.5. The molecule has 3 aromatic rings. The second-order valence-corrected chi connectivity index (χ2v) is 6.47. The summed E-state index contributed by atoms with van der Waals surface area (Å²) in [5.41, 5.74) is 3.85. The lowest BCUT2D eigenvalue weighted by Gasteiger charge is -2.10. The van der Waals surface area contributed by atoms with Crippen molar-refractivity contribution in [3.8, 4) is 5.75 Å². The Morgan fingerprint density at radius 1 is 1.20 bits per heavy atom. The Kier molecular flexibility index (Phi) is 3.92. The number of imidazole rings is 1. The van der Waals surface area contributed by atoms with E-state index in [4.69, 9.17) is 9.72 Å². The highest BCUT2D eigenvalue weighted by Gasteiger charge is 2.29. The minimum Gasteiger partial charge on any atom is -0.494 e. The molecule has 5 nitrogen and oxygen atoms in total. The Labute approximate surface area is 146 Å². The zero-order valence-electron chi connectivity index (χ0n) is 14.4. The zero-order valence-corrected chi connectivity index (χ0v) is 14.4. The summed E-state index contributed by atoms with van der Waals surface area (Å²) >= 11 is 0. The maximum absolute atomic E-state index is 12.2. The number of aromatic nitrogens is 2. The second kappa shape index (κ2) is 6.24. The molecule has 2 heterocycles. The van der Waals surface area contributed by atoms with Gasteiger partial charge in [0.25, 0.3) is 0 Å². The normalized spacial score (nSPS) is 18.3. The van der Waals surface area contributed by atoms with Crippen LogP contribution < -0.4 is 10.1 Å². The Morgan fingerprint density at radius 3 is 2.68 bits per heavy atom. The van der Waals surface area contributed by atoms with Crippen LogP contribution in [-0.4, -0.2) is 29.5 Å². The van der Waals surface area contributed by atoms with Crippen molar-refractivity contribution in [3.63, 3.8) is 0 Å². The van der Waals surface area contributed by atoms with E-state index < -0.39 is 0 Å². The quantitative estimate of drug-likeness (QED) is 0.768. The zero-order chi connectivity index (χ0) is 17.4. The van der Waals surface area contributed by atoms with E-state index in [1.54, 1.807) is 7.11 Å². The van der Waals surface area contributed by atoms with Crippen molar-refractivity contribution >= 4 is 16.9 Å². The second-order valence-electron chi connectivity index (χ2n) is 6.47. The van der Waals surface area contributed by atoms with Gasteiger partial charge in [-0.1, -0.05) is 43.3 Å². The molecule has 4 rings (SSSR count). The highest BCUT2D eigenvalue weighted by Crippen LogP contribution is 2.35. The third kappa shape index (κ3) is 2.65. The first-order chi connectivity index (χ1) is 12.2. The lowest BCUT2D eigenvalue weighted by atomic mass is 9.96. The van der Waals surface area contributed by atoms with Crippen LogP contribution in [0, 0.1) is 0 Å². The van der Waals surface area contributed by atoms with E-state index in [1.807, 2.05) is 30.3 Å². The molecule has 1 aliphatic heterocycles. The Morgan fingerprint density at radius 2 is 2.00 bits per heavy atom. The molecular formula is C20H21N3O2. The summed E-state index contributed by atoms with van der Waals surface area (Å²) in [4.78, 5) is 20.4. The molecule has 0 saturated carbocycles. The Balaban J connectivity index is 1.84. The van der Waals surface area contributed by atoms with Crippen LogP contribution in [0.4, 0.5) is 0 Å². The van der Waals surface area contributed by atoms with E-state index in [9.17, 15) is 4.79 Å². The fourth-order valence-electron chi connectivity index (χ4n) is 3.55. The largest absolute Gasteiger partial charge is 0.494 e. The first-order valence-corrected chi connectivity index (χ1v) is 8.58. The summed E-state index contributed by atoms with van der Waals surface area (Å²) in [6.45, 7) is 2.84. The number of fused-ring (bicyclic) bond motifs is 1. The molecule has 2 unspecified atom stereocenters. The lowest BCUT2D eigenvalue weighted by Crippen LogP contribution is -2.18. The van der Waals surface area contributed by atoms with Gasteiger partial charge in [-0.15, -0.1) is 0 Å². The van der Waals surface area contributed by atoms with Gasteiger partial charge < -0.3 is 15.0 Å². The SMILES string of the molecule is COc1ccc(C2CCNC2=O)c2nc(C(C)c3ccccc3)[nH]c12. The predicted octanol–water partition coefficient (Wildman–Crippen LogP) is 3.33. The standard InChI is InChI=1S/C20H21N3O2/c1-12(13-6-4-3-5-7-13)19-22-17-14(15-10-11-21-20(15)24)8-9-16(25-2)18(17)23-19/h3-9,12,15H,10-11H2,1-2H3,(H,21,24)(H,22,23). The van der Waals surface area contributed by atoms with Crippen LogP contribution in [0.2, 0.25) is 0 Å². The van der Waals surface area contributed by atoms with Gasteiger partial charge in [0, 0.05) is 12.5 Å². The number of aromatic amines is 1. The van der Waals surface area contributed by atoms with Crippen molar-refractivity contribution in [2.75, 3.05) is 13.7 Å². The summed E-state index contributed by atoms with van der Waals surface area (Å²) in [7, 11) is 1.65. The van der Waals surface area contributed by atoms with Crippen LogP contribution in [-0.2, 0) is 4.79 Å². The van der Waals surface area contributed by atoms with Gasteiger partial charge >= 0.3 is 0 Å². The van der Waals surface area contributed by atoms with Gasteiger partial charge in [-0.25, -0.2) is 4.98 Å². The first-order valence-electron chi connectivity index (χ1n) is 8.58. The lowest BCUT2D eigenvalue weighted by molar-refractivity contribution is -0.120. The van der Waals surface area contributed by atoms with Crippen LogP contribution in [0.25, 0.3) is 11.0 Å². The number of ether oxygens (including phenoxy) is 1. The monoisotopic (exact) mass is 335 g/mol. The summed E-state index contributed by atoms with van der Waals surface area (Å²) in [6, 6.07) is 14.1. The van der Waals surface area contributed by atoms with Gasteiger partial charge in [0.15, 0.2) is 0 Å². The van der Waals surface area contributed by atoms with E-state index in [-0.39, 0.29) is 17.7 Å². The molecule has 1 amide bonds. The van der Waals surface area contributed by atoms with Gasteiger partial charge in [-0.2, -0.15) is 0 Å². The molecule has 1 fully saturated rings. The molecule has 1 aliphatic rings. The van der Waals surface area contributed by atoms with Crippen molar-refractivity contribution in [2.45, 2.75) is 25.2 Å². The van der Waals surface area contributed by atoms with E-state index in [0.717, 1.165) is 34.6 Å². The maximum atomic E-state index is 12.2. The van der Waals surface area contributed by atoms with Gasteiger partial charge in [0.2, 0.25) is 5.91 Å². The van der Waals surface area contributed by atoms with Crippen LogP contribution in [0.3, 0.4) is 0 Å². The molecule has 1 saturated heterocycles. The minimum absolute atomic E-state index is 0.0760. The van der Waals surface area contributed by atoms with Crippen LogP contribution >= 0.6 is 0 Å². The average molecular weight is 335 g/mol. The number of nitrogens with zero attached hydrogens (tertiary/aromatic N) is 1. The molecular weight excluding hydrogens is 314 g/mol. The number of methoxy groups -OCH3 is 1. The number of hydrogen-bond donors (Lipinski definition) is 2. The molecule has 0 radical (unpaired) electrons. The van der Waals surface area contributed by atoms with E-state index in [1.165, 1.54) is 5.56 Å². The van der Waals surface area contributed by atoms with Gasteiger partial charge in [-0.3, -0.25) is 4.79 Å². The fraction of sp³-hybridized carbons (Fsp3) is 0.300. The number of H-pyrrole nitrogens is 1. The Hall–Kier alpha value is -2.82. The number of carbonyl (C=O) groups excluding carboxylic acids is 1. The number of amides is 1. The number of rotatable bonds is 4. The predicted molar refractivity (Wildman–Crippen MR) is 97.0 cm³/mol. The van der Waals surface area contributed by atoms with Crippen LogP contribution in [0.15, 0.2) is 42.5 Å². The Bertz CT molecular complexity index is 917. The summed E-state index contributed by atoms with van der Waals surface area (Å²) in [5.74, 6) is 1.69. The number of nitrogens with one attached hydrogen (secondary N) is 2. The van der Waals surface area contributed by atoms with E-state index in [0.29, 0.717) is 6.54 Å². The van der Waals surface area contributed by atoms with E-state index >= 15 is 0 Å². The molecule has 5 heteroatoms. The summed E-state index contributed by atoms with van der Waals surface area (Å²) in [5, 5.41) is 2.91. The number of hydrogen-bond acceptors (Lipinski definition) is 3. The van der Waals surface area contributed by atoms with Crippen molar-refractivity contribution < 1.29 is 9.53 Å². The summed E-state index contributed by atoms with van der Waals surface area (Å²) in [6.07, 6.45) is 0.802. The minimum atomic E-state index is -0.142. The van der Waals surface area contributed by atoms with Crippen molar-refractivity contribution in [1.82, 2.24) is 15.3 Å². The van der Waals surface area contributed by atoms with Crippen molar-refractivity contribution in [3.05, 3.63) is 59.4 Å². The van der Waals surface area contributed by atoms with Crippen molar-refractivity contribution in [2.24, 2.45) is 0 Å². The number of carbonyl (C=O) groups is 1. The third-order valence-corrected chi connectivity index (χ3v) is 5.01. The summed E-state index contributed by atoms with van der Waals surface area (Å²) < 4.78 is 5.50. The first kappa shape index (κ1) is 15.7. The van der Waals surface area contributed by atoms with Gasteiger partial charge in [0.05, 0.1) is 18.5 Å². The third-order valence-electron chi connectivity index (χ3n) is 5.01. The molecule has 128 valence electrons. The topological polar surface area (TPSA) is 67.0 Å². The molecule has 1 aromatic heterocycles. The molecule has 2 aromatic carbocycles. The average Bonchev–Trinajstić information content (AvgIpc) is 3.27. The molecule has 2 atom stereocenters. The van der Waals surface area contributed by atoms with Crippen LogP contribution in [0.5, 0.6) is 5.75 Å². The van der Waals surface area contributed by atoms with E-state index in [2.05, 4.69) is 29.4 Å². The molecule has 25 heavy (non-hydrogen) atoms. The highest BCUT2D eigenvalue weighted by molar-refractivity contribution is 5.93.